The molecule has 94 valence electrons. The van der Waals surface area contributed by atoms with Gasteiger partial charge in [-0.1, -0.05) is 20.3 Å². The Labute approximate surface area is 103 Å². The minimum absolute atomic E-state index is 0.450. The van der Waals surface area contributed by atoms with Crippen molar-refractivity contribution in [3.63, 3.8) is 0 Å². The Bertz CT molecular complexity index is 343. The Kier molecular flexibility index (Phi) is 4.31. The second-order valence-electron chi connectivity index (χ2n) is 5.02. The first-order chi connectivity index (χ1) is 8.25. The lowest BCUT2D eigenvalue weighted by molar-refractivity contribution is 0.633. The van der Waals surface area contributed by atoms with Gasteiger partial charge < -0.3 is 10.6 Å². The minimum Gasteiger partial charge on any atom is -0.366 e. The van der Waals surface area contributed by atoms with Gasteiger partial charge in [0.05, 0.1) is 0 Å². The third kappa shape index (κ3) is 3.66. The van der Waals surface area contributed by atoms with Gasteiger partial charge in [-0.05, 0) is 25.3 Å². The van der Waals surface area contributed by atoms with E-state index in [4.69, 9.17) is 0 Å². The van der Waals surface area contributed by atoms with Gasteiger partial charge >= 0.3 is 0 Å². The summed E-state index contributed by atoms with van der Waals surface area (Å²) in [5.74, 6) is 1.41. The van der Waals surface area contributed by atoms with Gasteiger partial charge in [0.2, 0.25) is 0 Å². The molecule has 2 N–H and O–H groups in total. The molecule has 1 aliphatic rings. The van der Waals surface area contributed by atoms with E-state index >= 15 is 0 Å². The lowest BCUT2D eigenvalue weighted by Crippen LogP contribution is -2.31. The van der Waals surface area contributed by atoms with Crippen molar-refractivity contribution in [2.45, 2.75) is 45.1 Å². The molecule has 0 bridgehead atoms. The van der Waals surface area contributed by atoms with Crippen LogP contribution in [0.25, 0.3) is 0 Å². The summed E-state index contributed by atoms with van der Waals surface area (Å²) in [5.41, 5.74) is 1.10. The number of anilines is 1. The van der Waals surface area contributed by atoms with E-state index in [1.54, 1.807) is 6.33 Å². The van der Waals surface area contributed by atoms with Crippen molar-refractivity contribution in [3.8, 4) is 0 Å². The summed E-state index contributed by atoms with van der Waals surface area (Å²) in [6.45, 7) is 6.47. The molecule has 17 heavy (non-hydrogen) atoms. The minimum atomic E-state index is 0.450. The van der Waals surface area contributed by atoms with Gasteiger partial charge in [0, 0.05) is 24.3 Å². The molecule has 0 saturated carbocycles. The maximum Gasteiger partial charge on any atom is 0.129 e. The van der Waals surface area contributed by atoms with Crippen LogP contribution < -0.4 is 10.6 Å². The van der Waals surface area contributed by atoms with E-state index < -0.39 is 0 Å². The van der Waals surface area contributed by atoms with Crippen LogP contribution in [0.15, 0.2) is 12.4 Å². The van der Waals surface area contributed by atoms with Crippen LogP contribution >= 0.6 is 0 Å². The quantitative estimate of drug-likeness (QED) is 0.841. The zero-order valence-electron chi connectivity index (χ0n) is 10.7. The molecule has 1 saturated heterocycles. The van der Waals surface area contributed by atoms with Gasteiger partial charge in [-0.25, -0.2) is 9.97 Å². The third-order valence-corrected chi connectivity index (χ3v) is 3.18. The molecule has 1 atom stereocenters. The molecule has 0 amide bonds. The number of nitrogens with one attached hydrogen (secondary N) is 2. The van der Waals surface area contributed by atoms with Crippen LogP contribution in [0.1, 0.15) is 44.7 Å². The summed E-state index contributed by atoms with van der Waals surface area (Å²) in [5, 5.41) is 6.95. The van der Waals surface area contributed by atoms with E-state index in [1.807, 2.05) is 0 Å². The fraction of sp³-hybridized carbons (Fsp3) is 0.692. The van der Waals surface area contributed by atoms with Crippen LogP contribution in [0.4, 0.5) is 5.82 Å². The molecule has 2 heterocycles. The van der Waals surface area contributed by atoms with Gasteiger partial charge in [0.15, 0.2) is 0 Å². The summed E-state index contributed by atoms with van der Waals surface area (Å²) < 4.78 is 0. The zero-order chi connectivity index (χ0) is 12.1. The number of nitrogens with zero attached hydrogens (tertiary/aromatic N) is 2. The third-order valence-electron chi connectivity index (χ3n) is 3.18. The lowest BCUT2D eigenvalue weighted by Gasteiger charge is -2.17. The first kappa shape index (κ1) is 12.3. The Morgan fingerprint density at radius 2 is 2.24 bits per heavy atom. The predicted octanol–water partition coefficient (Wildman–Crippen LogP) is 2.15. The van der Waals surface area contributed by atoms with E-state index in [1.165, 1.54) is 19.3 Å². The van der Waals surface area contributed by atoms with Gasteiger partial charge in [0.25, 0.3) is 0 Å². The monoisotopic (exact) mass is 234 g/mol. The molecule has 1 unspecified atom stereocenters. The molecule has 1 aliphatic heterocycles. The lowest BCUT2D eigenvalue weighted by atomic mass is 10.1. The molecule has 0 spiro atoms. The van der Waals surface area contributed by atoms with Gasteiger partial charge in [-0.15, -0.1) is 0 Å². The summed E-state index contributed by atoms with van der Waals surface area (Å²) in [6, 6.07) is 2.56. The summed E-state index contributed by atoms with van der Waals surface area (Å²) in [7, 11) is 0. The summed E-state index contributed by atoms with van der Waals surface area (Å²) in [6.07, 6.45) is 5.43. The summed E-state index contributed by atoms with van der Waals surface area (Å²) in [4.78, 5) is 8.58. The molecule has 0 aromatic carbocycles. The highest BCUT2D eigenvalue weighted by molar-refractivity contribution is 5.36. The van der Waals surface area contributed by atoms with Crippen LogP contribution in [-0.2, 0) is 0 Å². The molecule has 1 fully saturated rings. The van der Waals surface area contributed by atoms with Crippen LogP contribution in [0.5, 0.6) is 0 Å². The molecule has 2 rings (SSSR count). The van der Waals surface area contributed by atoms with E-state index in [0.29, 0.717) is 12.0 Å². The van der Waals surface area contributed by atoms with Crippen LogP contribution in [0.2, 0.25) is 0 Å². The molecular formula is C13H22N4. The number of rotatable bonds is 3. The van der Waals surface area contributed by atoms with Crippen molar-refractivity contribution in [3.05, 3.63) is 18.1 Å². The van der Waals surface area contributed by atoms with Crippen molar-refractivity contribution in [2.24, 2.45) is 0 Å². The highest BCUT2D eigenvalue weighted by atomic mass is 15.1. The average molecular weight is 234 g/mol. The molecular weight excluding hydrogens is 212 g/mol. The number of aromatic nitrogens is 2. The Morgan fingerprint density at radius 3 is 3.06 bits per heavy atom. The molecule has 4 heteroatoms. The summed E-state index contributed by atoms with van der Waals surface area (Å²) >= 11 is 0. The second kappa shape index (κ2) is 5.96. The second-order valence-corrected chi connectivity index (χ2v) is 5.02. The largest absolute Gasteiger partial charge is 0.366 e. The number of hydrogen-bond donors (Lipinski definition) is 2. The molecule has 1 aromatic heterocycles. The smallest absolute Gasteiger partial charge is 0.129 e. The maximum absolute atomic E-state index is 4.30. The van der Waals surface area contributed by atoms with E-state index in [9.17, 15) is 0 Å². The van der Waals surface area contributed by atoms with Crippen molar-refractivity contribution < 1.29 is 0 Å². The average Bonchev–Trinajstić information content (AvgIpc) is 2.58. The first-order valence-corrected chi connectivity index (χ1v) is 6.55. The van der Waals surface area contributed by atoms with E-state index in [2.05, 4.69) is 40.5 Å². The fourth-order valence-electron chi connectivity index (χ4n) is 2.12. The zero-order valence-corrected chi connectivity index (χ0v) is 10.7. The van der Waals surface area contributed by atoms with Gasteiger partial charge in [0.1, 0.15) is 12.1 Å². The fourth-order valence-corrected chi connectivity index (χ4v) is 2.12. The van der Waals surface area contributed by atoms with E-state index in [0.717, 1.165) is 24.6 Å². The van der Waals surface area contributed by atoms with Crippen LogP contribution in [-0.4, -0.2) is 29.1 Å². The molecule has 4 nitrogen and oxygen atoms in total. The maximum atomic E-state index is 4.30. The van der Waals surface area contributed by atoms with E-state index in [-0.39, 0.29) is 0 Å². The van der Waals surface area contributed by atoms with Gasteiger partial charge in [-0.3, -0.25) is 0 Å². The highest BCUT2D eigenvalue weighted by Gasteiger charge is 2.12. The first-order valence-electron chi connectivity index (χ1n) is 6.55. The molecule has 0 aliphatic carbocycles. The number of hydrogen-bond acceptors (Lipinski definition) is 4. The van der Waals surface area contributed by atoms with Crippen molar-refractivity contribution in [2.75, 3.05) is 18.4 Å². The Hall–Kier alpha value is -1.16. The molecule has 0 radical (unpaired) electrons. The van der Waals surface area contributed by atoms with Gasteiger partial charge in [-0.2, -0.15) is 0 Å². The van der Waals surface area contributed by atoms with Crippen molar-refractivity contribution in [1.29, 1.82) is 0 Å². The highest BCUT2D eigenvalue weighted by Crippen LogP contribution is 2.15. The van der Waals surface area contributed by atoms with Crippen molar-refractivity contribution in [1.82, 2.24) is 15.3 Å². The topological polar surface area (TPSA) is 49.8 Å². The molecule has 1 aromatic rings. The SMILES string of the molecule is CC(C)c1cc(NC2CCCCNC2)ncn1. The Morgan fingerprint density at radius 1 is 1.35 bits per heavy atom. The standard InChI is InChI=1S/C13H22N4/c1-10(2)12-7-13(16-9-15-12)17-11-5-3-4-6-14-8-11/h7,9-11,14H,3-6,8H2,1-2H3,(H,15,16,17). The Balaban J connectivity index is 1.99. The van der Waals surface area contributed by atoms with Crippen LogP contribution in [0, 0.1) is 0 Å². The van der Waals surface area contributed by atoms with Crippen molar-refractivity contribution >= 4 is 5.82 Å². The van der Waals surface area contributed by atoms with Crippen LogP contribution in [0.3, 0.4) is 0 Å². The normalized spacial score (nSPS) is 21.2. The predicted molar refractivity (Wildman–Crippen MR) is 70.3 cm³/mol.